The number of aliphatic carboxylic acids is 1. The minimum Gasteiger partial charge on any atom is -0.480 e. The molecule has 0 aromatic carbocycles. The molecule has 0 bridgehead atoms. The van der Waals surface area contributed by atoms with Gasteiger partial charge in [-0.2, -0.15) is 0 Å². The number of hydrogen-bond donors (Lipinski definition) is 3. The third kappa shape index (κ3) is 7.65. The Balaban J connectivity index is 4.11. The second kappa shape index (κ2) is 8.49. The number of rotatable bonds is 9. The van der Waals surface area contributed by atoms with E-state index in [2.05, 4.69) is 5.32 Å². The summed E-state index contributed by atoms with van der Waals surface area (Å²) in [5.41, 5.74) is 4.94. The van der Waals surface area contributed by atoms with Gasteiger partial charge in [-0.25, -0.2) is 4.79 Å². The number of carbonyl (C=O) groups excluding carboxylic acids is 2. The molecule has 0 fully saturated rings. The molecule has 0 spiro atoms. The summed E-state index contributed by atoms with van der Waals surface area (Å²) in [6.45, 7) is 4.07. The smallest absolute Gasteiger partial charge is 0.326 e. The van der Waals surface area contributed by atoms with Crippen LogP contribution in [0.2, 0.25) is 0 Å². The van der Waals surface area contributed by atoms with Crippen LogP contribution in [-0.4, -0.2) is 28.9 Å². The van der Waals surface area contributed by atoms with Gasteiger partial charge in [-0.05, 0) is 18.8 Å². The summed E-state index contributed by atoms with van der Waals surface area (Å²) in [5, 5.41) is 11.3. The quantitative estimate of drug-likeness (QED) is 0.564. The second-order valence-corrected chi connectivity index (χ2v) is 4.52. The molecule has 18 heavy (non-hydrogen) atoms. The van der Waals surface area contributed by atoms with Gasteiger partial charge in [0.1, 0.15) is 6.04 Å². The standard InChI is InChI=1S/C12H22N2O4/c1-3-8(2)4-7-11(16)14-9(12(17)18)5-6-10(13)15/h8-9H,3-7H2,1-2H3,(H2,13,15)(H,14,16)(H,17,18). The molecule has 0 saturated heterocycles. The molecule has 4 N–H and O–H groups in total. The highest BCUT2D eigenvalue weighted by Crippen LogP contribution is 2.09. The van der Waals surface area contributed by atoms with E-state index in [4.69, 9.17) is 10.8 Å². The Morgan fingerprint density at radius 1 is 1.22 bits per heavy atom. The fourth-order valence-corrected chi connectivity index (χ4v) is 1.39. The predicted octanol–water partition coefficient (Wildman–Crippen LogP) is 0.648. The van der Waals surface area contributed by atoms with Crippen LogP contribution in [0.15, 0.2) is 0 Å². The first-order valence-electron chi connectivity index (χ1n) is 6.17. The third-order valence-corrected chi connectivity index (χ3v) is 2.87. The molecule has 0 aliphatic heterocycles. The summed E-state index contributed by atoms with van der Waals surface area (Å²) < 4.78 is 0. The van der Waals surface area contributed by atoms with Crippen molar-refractivity contribution < 1.29 is 19.5 Å². The summed E-state index contributed by atoms with van der Waals surface area (Å²) in [5.74, 6) is -1.58. The largest absolute Gasteiger partial charge is 0.480 e. The van der Waals surface area contributed by atoms with Gasteiger partial charge in [-0.15, -0.1) is 0 Å². The number of nitrogens with two attached hydrogens (primary N) is 1. The van der Waals surface area contributed by atoms with E-state index in [9.17, 15) is 14.4 Å². The first kappa shape index (κ1) is 16.4. The number of amides is 2. The Labute approximate surface area is 107 Å². The number of carboxylic acids is 1. The van der Waals surface area contributed by atoms with Gasteiger partial charge < -0.3 is 16.2 Å². The summed E-state index contributed by atoms with van der Waals surface area (Å²) in [7, 11) is 0. The van der Waals surface area contributed by atoms with Crippen LogP contribution in [0.25, 0.3) is 0 Å². The van der Waals surface area contributed by atoms with Crippen LogP contribution in [0.1, 0.15) is 46.0 Å². The molecular formula is C12H22N2O4. The number of hydrogen-bond acceptors (Lipinski definition) is 3. The van der Waals surface area contributed by atoms with Gasteiger partial charge in [0.15, 0.2) is 0 Å². The monoisotopic (exact) mass is 258 g/mol. The number of carboxylic acid groups (broad SMARTS) is 1. The number of primary amides is 1. The van der Waals surface area contributed by atoms with Gasteiger partial charge in [0.25, 0.3) is 0 Å². The fourth-order valence-electron chi connectivity index (χ4n) is 1.39. The molecule has 0 aromatic rings. The Morgan fingerprint density at radius 2 is 1.83 bits per heavy atom. The van der Waals surface area contributed by atoms with Crippen LogP contribution < -0.4 is 11.1 Å². The SMILES string of the molecule is CCC(C)CCC(=O)NC(CCC(N)=O)C(=O)O. The molecule has 2 amide bonds. The van der Waals surface area contributed by atoms with Gasteiger partial charge in [0.2, 0.25) is 11.8 Å². The van der Waals surface area contributed by atoms with E-state index < -0.39 is 17.9 Å². The lowest BCUT2D eigenvalue weighted by atomic mass is 10.0. The molecule has 0 aromatic heterocycles. The zero-order valence-electron chi connectivity index (χ0n) is 10.9. The molecule has 0 saturated carbocycles. The first-order chi connectivity index (χ1) is 8.36. The van der Waals surface area contributed by atoms with Gasteiger partial charge in [-0.1, -0.05) is 20.3 Å². The minimum atomic E-state index is -1.15. The Hall–Kier alpha value is -1.59. The molecule has 0 heterocycles. The molecule has 0 aliphatic rings. The van der Waals surface area contributed by atoms with Crippen LogP contribution in [0.3, 0.4) is 0 Å². The molecule has 6 heteroatoms. The normalized spacial score (nSPS) is 13.7. The zero-order valence-corrected chi connectivity index (χ0v) is 10.9. The van der Waals surface area contributed by atoms with E-state index in [0.29, 0.717) is 12.3 Å². The summed E-state index contributed by atoms with van der Waals surface area (Å²) in [6.07, 6.45) is 1.99. The highest BCUT2D eigenvalue weighted by molar-refractivity contribution is 5.84. The van der Waals surface area contributed by atoms with Crippen LogP contribution in [0, 0.1) is 5.92 Å². The average Bonchev–Trinajstić information content (AvgIpc) is 2.30. The topological polar surface area (TPSA) is 109 Å². The molecule has 0 aliphatic carbocycles. The van der Waals surface area contributed by atoms with Crippen molar-refractivity contribution >= 4 is 17.8 Å². The van der Waals surface area contributed by atoms with Crippen molar-refractivity contribution in [2.24, 2.45) is 11.7 Å². The lowest BCUT2D eigenvalue weighted by Crippen LogP contribution is -2.41. The molecule has 104 valence electrons. The molecule has 0 radical (unpaired) electrons. The Bertz CT molecular complexity index is 304. The molecule has 6 nitrogen and oxygen atoms in total. The maximum Gasteiger partial charge on any atom is 0.326 e. The molecule has 2 unspecified atom stereocenters. The Morgan fingerprint density at radius 3 is 2.28 bits per heavy atom. The number of nitrogens with one attached hydrogen (secondary N) is 1. The molecule has 0 rings (SSSR count). The van der Waals surface area contributed by atoms with E-state index >= 15 is 0 Å². The van der Waals surface area contributed by atoms with Crippen molar-refractivity contribution in [3.63, 3.8) is 0 Å². The average molecular weight is 258 g/mol. The second-order valence-electron chi connectivity index (χ2n) is 4.52. The Kier molecular flexibility index (Phi) is 7.74. The third-order valence-electron chi connectivity index (χ3n) is 2.87. The van der Waals surface area contributed by atoms with Crippen LogP contribution in [0.5, 0.6) is 0 Å². The van der Waals surface area contributed by atoms with E-state index in [0.717, 1.165) is 12.8 Å². The first-order valence-corrected chi connectivity index (χ1v) is 6.17. The molecule has 2 atom stereocenters. The van der Waals surface area contributed by atoms with Gasteiger partial charge >= 0.3 is 5.97 Å². The minimum absolute atomic E-state index is 0.0275. The summed E-state index contributed by atoms with van der Waals surface area (Å²) in [4.78, 5) is 33.0. The highest BCUT2D eigenvalue weighted by atomic mass is 16.4. The van der Waals surface area contributed by atoms with Crippen molar-refractivity contribution in [2.75, 3.05) is 0 Å². The van der Waals surface area contributed by atoms with Crippen molar-refractivity contribution in [1.82, 2.24) is 5.32 Å². The zero-order chi connectivity index (χ0) is 14.1. The van der Waals surface area contributed by atoms with Crippen molar-refractivity contribution in [3.8, 4) is 0 Å². The summed E-state index contributed by atoms with van der Waals surface area (Å²) in [6, 6.07) is -1.04. The van der Waals surface area contributed by atoms with Crippen LogP contribution >= 0.6 is 0 Å². The van der Waals surface area contributed by atoms with E-state index in [1.807, 2.05) is 13.8 Å². The van der Waals surface area contributed by atoms with E-state index in [-0.39, 0.29) is 18.7 Å². The maximum absolute atomic E-state index is 11.5. The summed E-state index contributed by atoms with van der Waals surface area (Å²) >= 11 is 0. The predicted molar refractivity (Wildman–Crippen MR) is 66.7 cm³/mol. The lowest BCUT2D eigenvalue weighted by molar-refractivity contribution is -0.142. The van der Waals surface area contributed by atoms with Gasteiger partial charge in [0, 0.05) is 12.8 Å². The highest BCUT2D eigenvalue weighted by Gasteiger charge is 2.20. The van der Waals surface area contributed by atoms with Gasteiger partial charge in [-0.3, -0.25) is 9.59 Å². The number of carbonyl (C=O) groups is 3. The molecular weight excluding hydrogens is 236 g/mol. The van der Waals surface area contributed by atoms with Crippen molar-refractivity contribution in [3.05, 3.63) is 0 Å². The lowest BCUT2D eigenvalue weighted by Gasteiger charge is -2.14. The van der Waals surface area contributed by atoms with E-state index in [1.54, 1.807) is 0 Å². The maximum atomic E-state index is 11.5. The van der Waals surface area contributed by atoms with E-state index in [1.165, 1.54) is 0 Å². The van der Waals surface area contributed by atoms with Crippen molar-refractivity contribution in [2.45, 2.75) is 52.0 Å². The van der Waals surface area contributed by atoms with Crippen LogP contribution in [-0.2, 0) is 14.4 Å². The fraction of sp³-hybridized carbons (Fsp3) is 0.750. The van der Waals surface area contributed by atoms with Crippen molar-refractivity contribution in [1.29, 1.82) is 0 Å². The van der Waals surface area contributed by atoms with Crippen LogP contribution in [0.4, 0.5) is 0 Å². The van der Waals surface area contributed by atoms with Gasteiger partial charge in [0.05, 0.1) is 0 Å².